The molecular weight excluding hydrogens is 232 g/mol. The van der Waals surface area contributed by atoms with Crippen LogP contribution in [-0.4, -0.2) is 0 Å². The predicted octanol–water partition coefficient (Wildman–Crippen LogP) is 3.37. The molecule has 2 rings (SSSR count). The van der Waals surface area contributed by atoms with Crippen molar-refractivity contribution in [1.82, 2.24) is 0 Å². The van der Waals surface area contributed by atoms with Crippen LogP contribution in [0.4, 0.5) is 0 Å². The van der Waals surface area contributed by atoms with Crippen molar-refractivity contribution in [3.63, 3.8) is 0 Å². The van der Waals surface area contributed by atoms with E-state index in [4.69, 9.17) is 17.6 Å². The van der Waals surface area contributed by atoms with Gasteiger partial charge in [0.15, 0.2) is 0 Å². The van der Waals surface area contributed by atoms with Gasteiger partial charge in [-0.3, -0.25) is 0 Å². The van der Waals surface area contributed by atoms with Gasteiger partial charge in [-0.15, -0.1) is 12.8 Å². The first-order valence-electron chi connectivity index (χ1n) is 6.02. The van der Waals surface area contributed by atoms with E-state index in [0.717, 1.165) is 22.3 Å². The third-order valence-electron chi connectivity index (χ3n) is 2.86. The summed E-state index contributed by atoms with van der Waals surface area (Å²) >= 11 is 0. The van der Waals surface area contributed by atoms with Crippen LogP contribution in [0.25, 0.3) is 0 Å². The van der Waals surface area contributed by atoms with Gasteiger partial charge in [0, 0.05) is 11.1 Å². The van der Waals surface area contributed by atoms with E-state index >= 15 is 0 Å². The van der Waals surface area contributed by atoms with Crippen LogP contribution in [0.5, 0.6) is 0 Å². The minimum absolute atomic E-state index is 0.485. The fraction of sp³-hybridized carbons (Fsp3) is 0.111. The molecule has 0 fully saturated rings. The molecule has 0 N–H and O–H groups in total. The molecule has 0 radical (unpaired) electrons. The van der Waals surface area contributed by atoms with Gasteiger partial charge in [0.1, 0.15) is 0 Å². The Hall–Kier alpha value is -2.48. The number of benzene rings is 2. The summed E-state index contributed by atoms with van der Waals surface area (Å²) in [7, 11) is 0. The van der Waals surface area contributed by atoms with E-state index in [0.29, 0.717) is 13.2 Å². The van der Waals surface area contributed by atoms with Gasteiger partial charge in [0.2, 0.25) is 0 Å². The summed E-state index contributed by atoms with van der Waals surface area (Å²) < 4.78 is 5.70. The van der Waals surface area contributed by atoms with Crippen LogP contribution >= 0.6 is 0 Å². The molecule has 0 spiro atoms. The number of hydrogen-bond donors (Lipinski definition) is 0. The minimum Gasteiger partial charge on any atom is -0.372 e. The molecule has 1 nitrogen and oxygen atoms in total. The third kappa shape index (κ3) is 3.26. The lowest BCUT2D eigenvalue weighted by molar-refractivity contribution is 0.107. The molecule has 0 unspecified atom stereocenters. The van der Waals surface area contributed by atoms with Gasteiger partial charge >= 0.3 is 0 Å². The summed E-state index contributed by atoms with van der Waals surface area (Å²) in [5, 5.41) is 0. The van der Waals surface area contributed by atoms with E-state index in [-0.39, 0.29) is 0 Å². The number of ether oxygens (including phenoxy) is 1. The second kappa shape index (κ2) is 6.45. The number of terminal acetylenes is 2. The lowest BCUT2D eigenvalue weighted by atomic mass is 10.1. The van der Waals surface area contributed by atoms with Gasteiger partial charge in [-0.1, -0.05) is 48.2 Å². The Morgan fingerprint density at radius 1 is 0.737 bits per heavy atom. The van der Waals surface area contributed by atoms with Crippen LogP contribution in [0.15, 0.2) is 48.5 Å². The third-order valence-corrected chi connectivity index (χ3v) is 2.86. The molecule has 0 bridgehead atoms. The Morgan fingerprint density at radius 2 is 1.16 bits per heavy atom. The van der Waals surface area contributed by atoms with Crippen LogP contribution in [0, 0.1) is 24.7 Å². The average Bonchev–Trinajstić information content (AvgIpc) is 2.48. The van der Waals surface area contributed by atoms with Crippen molar-refractivity contribution in [2.45, 2.75) is 13.2 Å². The SMILES string of the molecule is C#Cc1ccccc1COCc1ccccc1C#C. The summed E-state index contributed by atoms with van der Waals surface area (Å²) in [5.41, 5.74) is 3.77. The highest BCUT2D eigenvalue weighted by Crippen LogP contribution is 2.12. The largest absolute Gasteiger partial charge is 0.372 e. The summed E-state index contributed by atoms with van der Waals surface area (Å²) in [6, 6.07) is 15.5. The second-order valence-electron chi connectivity index (χ2n) is 4.10. The van der Waals surface area contributed by atoms with Crippen LogP contribution in [0.2, 0.25) is 0 Å². The smallest absolute Gasteiger partial charge is 0.0733 e. The van der Waals surface area contributed by atoms with Gasteiger partial charge in [-0.25, -0.2) is 0 Å². The fourth-order valence-corrected chi connectivity index (χ4v) is 1.84. The summed E-state index contributed by atoms with van der Waals surface area (Å²) in [4.78, 5) is 0. The Bertz CT molecular complexity index is 584. The monoisotopic (exact) mass is 246 g/mol. The van der Waals surface area contributed by atoms with Crippen LogP contribution in [0.3, 0.4) is 0 Å². The summed E-state index contributed by atoms with van der Waals surface area (Å²) in [6.07, 6.45) is 10.9. The maximum Gasteiger partial charge on any atom is 0.0733 e. The van der Waals surface area contributed by atoms with E-state index in [1.807, 2.05) is 48.5 Å². The van der Waals surface area contributed by atoms with Crippen LogP contribution in [-0.2, 0) is 18.0 Å². The van der Waals surface area contributed by atoms with Crippen molar-refractivity contribution in [2.75, 3.05) is 0 Å². The maximum atomic E-state index is 5.70. The molecule has 0 aliphatic heterocycles. The first-order chi connectivity index (χ1) is 9.35. The van der Waals surface area contributed by atoms with Gasteiger partial charge in [0.05, 0.1) is 13.2 Å². The van der Waals surface area contributed by atoms with E-state index in [2.05, 4.69) is 11.8 Å². The summed E-state index contributed by atoms with van der Waals surface area (Å²) in [5.74, 6) is 5.31. The molecular formula is C18H14O. The maximum absolute atomic E-state index is 5.70. The van der Waals surface area contributed by atoms with Crippen molar-refractivity contribution >= 4 is 0 Å². The molecule has 1 heteroatoms. The first kappa shape index (κ1) is 13.0. The van der Waals surface area contributed by atoms with Crippen molar-refractivity contribution in [3.8, 4) is 24.7 Å². The predicted molar refractivity (Wildman–Crippen MR) is 77.2 cm³/mol. The molecule has 92 valence electrons. The average molecular weight is 246 g/mol. The van der Waals surface area contributed by atoms with Crippen molar-refractivity contribution < 1.29 is 4.74 Å². The molecule has 2 aromatic carbocycles. The van der Waals surface area contributed by atoms with Crippen LogP contribution in [0.1, 0.15) is 22.3 Å². The Balaban J connectivity index is 2.01. The molecule has 0 saturated carbocycles. The topological polar surface area (TPSA) is 9.23 Å². The zero-order valence-electron chi connectivity index (χ0n) is 10.6. The standard InChI is InChI=1S/C18H14O/c1-3-15-9-5-7-11-17(15)13-19-14-18-12-8-6-10-16(18)4-2/h1-2,5-12H,13-14H2. The lowest BCUT2D eigenvalue weighted by Crippen LogP contribution is -1.98. The zero-order chi connectivity index (χ0) is 13.5. The van der Waals surface area contributed by atoms with Gasteiger partial charge in [0.25, 0.3) is 0 Å². The van der Waals surface area contributed by atoms with Crippen molar-refractivity contribution in [2.24, 2.45) is 0 Å². The number of rotatable bonds is 4. The molecule has 0 saturated heterocycles. The highest BCUT2D eigenvalue weighted by atomic mass is 16.5. The fourth-order valence-electron chi connectivity index (χ4n) is 1.84. The molecule has 0 aliphatic carbocycles. The highest BCUT2D eigenvalue weighted by Gasteiger charge is 2.02. The molecule has 19 heavy (non-hydrogen) atoms. The minimum atomic E-state index is 0.485. The zero-order valence-corrected chi connectivity index (χ0v) is 10.6. The molecule has 0 atom stereocenters. The highest BCUT2D eigenvalue weighted by molar-refractivity contribution is 5.40. The van der Waals surface area contributed by atoms with E-state index in [1.165, 1.54) is 0 Å². The first-order valence-corrected chi connectivity index (χ1v) is 6.02. The normalized spacial score (nSPS) is 9.58. The van der Waals surface area contributed by atoms with Gasteiger partial charge in [-0.05, 0) is 23.3 Å². The molecule has 0 amide bonds. The van der Waals surface area contributed by atoms with E-state index in [1.54, 1.807) is 0 Å². The van der Waals surface area contributed by atoms with Gasteiger partial charge < -0.3 is 4.74 Å². The molecule has 0 aromatic heterocycles. The molecule has 0 heterocycles. The van der Waals surface area contributed by atoms with Gasteiger partial charge in [-0.2, -0.15) is 0 Å². The molecule has 2 aromatic rings. The summed E-state index contributed by atoms with van der Waals surface area (Å²) in [6.45, 7) is 0.971. The van der Waals surface area contributed by atoms with Crippen molar-refractivity contribution in [1.29, 1.82) is 0 Å². The van der Waals surface area contributed by atoms with Crippen molar-refractivity contribution in [3.05, 3.63) is 70.8 Å². The second-order valence-corrected chi connectivity index (χ2v) is 4.10. The van der Waals surface area contributed by atoms with Crippen LogP contribution < -0.4 is 0 Å². The quantitative estimate of drug-likeness (QED) is 0.752. The Kier molecular flexibility index (Phi) is 4.40. The number of hydrogen-bond acceptors (Lipinski definition) is 1. The van der Waals surface area contributed by atoms with E-state index in [9.17, 15) is 0 Å². The Labute approximate surface area is 114 Å². The van der Waals surface area contributed by atoms with E-state index < -0.39 is 0 Å². The Morgan fingerprint density at radius 3 is 1.58 bits per heavy atom. The lowest BCUT2D eigenvalue weighted by Gasteiger charge is -2.08. The molecule has 0 aliphatic rings.